The summed E-state index contributed by atoms with van der Waals surface area (Å²) in [5.41, 5.74) is -0.566. The SMILES string of the molecule is CCOC(=O)C1(NCCN(C)C)CCOC(C)C1. The minimum absolute atomic E-state index is 0.0926. The molecule has 0 spiro atoms. The largest absolute Gasteiger partial charge is 0.465 e. The van der Waals surface area contributed by atoms with Gasteiger partial charge >= 0.3 is 5.97 Å². The third-order valence-corrected chi connectivity index (χ3v) is 3.26. The van der Waals surface area contributed by atoms with Crippen LogP contribution in [0, 0.1) is 0 Å². The van der Waals surface area contributed by atoms with Crippen LogP contribution in [0.2, 0.25) is 0 Å². The number of nitrogens with zero attached hydrogens (tertiary/aromatic N) is 1. The summed E-state index contributed by atoms with van der Waals surface area (Å²) in [4.78, 5) is 14.3. The number of carbonyl (C=O) groups is 1. The molecule has 1 N–H and O–H groups in total. The van der Waals surface area contributed by atoms with Crippen molar-refractivity contribution < 1.29 is 14.3 Å². The zero-order valence-corrected chi connectivity index (χ0v) is 12.0. The van der Waals surface area contributed by atoms with Crippen LogP contribution >= 0.6 is 0 Å². The number of likely N-dealkylation sites (N-methyl/N-ethyl adjacent to an activating group) is 1. The van der Waals surface area contributed by atoms with E-state index in [0.717, 1.165) is 13.1 Å². The van der Waals surface area contributed by atoms with Crippen molar-refractivity contribution in [3.63, 3.8) is 0 Å². The maximum absolute atomic E-state index is 12.2. The minimum atomic E-state index is -0.566. The van der Waals surface area contributed by atoms with E-state index in [0.29, 0.717) is 26.1 Å². The highest BCUT2D eigenvalue weighted by atomic mass is 16.5. The molecule has 2 unspecified atom stereocenters. The molecule has 0 aromatic rings. The van der Waals surface area contributed by atoms with Gasteiger partial charge in [-0.1, -0.05) is 0 Å². The molecule has 0 aromatic carbocycles. The third-order valence-electron chi connectivity index (χ3n) is 3.26. The average Bonchev–Trinajstić information content (AvgIpc) is 2.28. The van der Waals surface area contributed by atoms with E-state index in [9.17, 15) is 4.79 Å². The van der Waals surface area contributed by atoms with Gasteiger partial charge in [-0.25, -0.2) is 0 Å². The Kier molecular flexibility index (Phi) is 6.05. The van der Waals surface area contributed by atoms with E-state index in [1.165, 1.54) is 0 Å². The lowest BCUT2D eigenvalue weighted by Crippen LogP contribution is -2.58. The maximum Gasteiger partial charge on any atom is 0.326 e. The second-order valence-electron chi connectivity index (χ2n) is 5.17. The molecule has 2 atom stereocenters. The molecular formula is C13H26N2O3. The van der Waals surface area contributed by atoms with E-state index in [4.69, 9.17) is 9.47 Å². The Morgan fingerprint density at radius 2 is 2.28 bits per heavy atom. The Bertz CT molecular complexity index is 271. The highest BCUT2D eigenvalue weighted by molar-refractivity contribution is 5.81. The fourth-order valence-corrected chi connectivity index (χ4v) is 2.29. The molecule has 1 aliphatic heterocycles. The van der Waals surface area contributed by atoms with Crippen LogP contribution in [0.3, 0.4) is 0 Å². The van der Waals surface area contributed by atoms with Gasteiger partial charge in [-0.3, -0.25) is 4.79 Å². The van der Waals surface area contributed by atoms with Crippen LogP contribution in [-0.4, -0.2) is 62.9 Å². The fraction of sp³-hybridized carbons (Fsp3) is 0.923. The first-order chi connectivity index (χ1) is 8.50. The summed E-state index contributed by atoms with van der Waals surface area (Å²) < 4.78 is 10.8. The summed E-state index contributed by atoms with van der Waals surface area (Å²) in [6.45, 7) is 6.55. The molecular weight excluding hydrogens is 232 g/mol. The first kappa shape index (κ1) is 15.4. The Balaban J connectivity index is 2.64. The van der Waals surface area contributed by atoms with Crippen LogP contribution in [0.1, 0.15) is 26.7 Å². The summed E-state index contributed by atoms with van der Waals surface area (Å²) in [5.74, 6) is -0.140. The molecule has 18 heavy (non-hydrogen) atoms. The maximum atomic E-state index is 12.2. The molecule has 0 bridgehead atoms. The van der Waals surface area contributed by atoms with E-state index < -0.39 is 5.54 Å². The Morgan fingerprint density at radius 1 is 1.56 bits per heavy atom. The van der Waals surface area contributed by atoms with Gasteiger partial charge in [0.2, 0.25) is 0 Å². The van der Waals surface area contributed by atoms with Gasteiger partial charge in [0.05, 0.1) is 12.7 Å². The van der Waals surface area contributed by atoms with Crippen molar-refractivity contribution in [1.29, 1.82) is 0 Å². The van der Waals surface area contributed by atoms with Crippen molar-refractivity contribution in [3.8, 4) is 0 Å². The van der Waals surface area contributed by atoms with Crippen molar-refractivity contribution in [2.45, 2.75) is 38.3 Å². The van der Waals surface area contributed by atoms with E-state index in [1.54, 1.807) is 0 Å². The lowest BCUT2D eigenvalue weighted by molar-refractivity contribution is -0.158. The van der Waals surface area contributed by atoms with Gasteiger partial charge in [0.15, 0.2) is 0 Å². The molecule has 5 nitrogen and oxygen atoms in total. The van der Waals surface area contributed by atoms with Gasteiger partial charge in [0.1, 0.15) is 5.54 Å². The number of ether oxygens (including phenoxy) is 2. The quantitative estimate of drug-likeness (QED) is 0.709. The van der Waals surface area contributed by atoms with Gasteiger partial charge in [-0.05, 0) is 34.4 Å². The summed E-state index contributed by atoms with van der Waals surface area (Å²) in [6, 6.07) is 0. The van der Waals surface area contributed by atoms with Crippen molar-refractivity contribution in [3.05, 3.63) is 0 Å². The molecule has 1 rings (SSSR count). The molecule has 0 aromatic heterocycles. The number of nitrogens with one attached hydrogen (secondary N) is 1. The number of rotatable bonds is 6. The van der Waals surface area contributed by atoms with E-state index in [2.05, 4.69) is 10.2 Å². The lowest BCUT2D eigenvalue weighted by Gasteiger charge is -2.38. The predicted octanol–water partition coefficient (Wildman–Crippen LogP) is 0.638. The topological polar surface area (TPSA) is 50.8 Å². The molecule has 1 fully saturated rings. The van der Waals surface area contributed by atoms with E-state index >= 15 is 0 Å². The van der Waals surface area contributed by atoms with E-state index in [1.807, 2.05) is 27.9 Å². The van der Waals surface area contributed by atoms with Gasteiger partial charge < -0.3 is 19.7 Å². The molecule has 1 heterocycles. The van der Waals surface area contributed by atoms with Crippen LogP contribution in [-0.2, 0) is 14.3 Å². The first-order valence-electron chi connectivity index (χ1n) is 6.69. The van der Waals surface area contributed by atoms with E-state index in [-0.39, 0.29) is 12.1 Å². The zero-order chi connectivity index (χ0) is 13.6. The van der Waals surface area contributed by atoms with Crippen molar-refractivity contribution in [2.24, 2.45) is 0 Å². The molecule has 0 aliphatic carbocycles. The molecule has 106 valence electrons. The number of hydrogen-bond acceptors (Lipinski definition) is 5. The molecule has 0 saturated carbocycles. The molecule has 1 aliphatic rings. The number of esters is 1. The van der Waals surface area contributed by atoms with Gasteiger partial charge in [-0.2, -0.15) is 0 Å². The third kappa shape index (κ3) is 4.23. The van der Waals surface area contributed by atoms with Crippen LogP contribution in [0.15, 0.2) is 0 Å². The Morgan fingerprint density at radius 3 is 2.83 bits per heavy atom. The Hall–Kier alpha value is -0.650. The number of carbonyl (C=O) groups excluding carboxylic acids is 1. The van der Waals surface area contributed by atoms with Crippen LogP contribution in [0.5, 0.6) is 0 Å². The molecule has 5 heteroatoms. The standard InChI is InChI=1S/C13H26N2O3/c1-5-17-12(16)13(14-7-8-15(3)4)6-9-18-11(2)10-13/h11,14H,5-10H2,1-4H3. The smallest absolute Gasteiger partial charge is 0.326 e. The average molecular weight is 258 g/mol. The molecule has 1 saturated heterocycles. The highest BCUT2D eigenvalue weighted by Gasteiger charge is 2.43. The first-order valence-corrected chi connectivity index (χ1v) is 6.69. The zero-order valence-electron chi connectivity index (χ0n) is 12.0. The second-order valence-corrected chi connectivity index (χ2v) is 5.17. The highest BCUT2D eigenvalue weighted by Crippen LogP contribution is 2.26. The van der Waals surface area contributed by atoms with Crippen molar-refractivity contribution in [1.82, 2.24) is 10.2 Å². The van der Waals surface area contributed by atoms with Gasteiger partial charge in [-0.15, -0.1) is 0 Å². The van der Waals surface area contributed by atoms with Crippen LogP contribution in [0.25, 0.3) is 0 Å². The van der Waals surface area contributed by atoms with Crippen LogP contribution < -0.4 is 5.32 Å². The predicted molar refractivity (Wildman–Crippen MR) is 70.6 cm³/mol. The summed E-state index contributed by atoms with van der Waals surface area (Å²) in [5, 5.41) is 3.39. The normalized spacial score (nSPS) is 28.4. The number of hydrogen-bond donors (Lipinski definition) is 1. The summed E-state index contributed by atoms with van der Waals surface area (Å²) in [6.07, 6.45) is 1.46. The summed E-state index contributed by atoms with van der Waals surface area (Å²) in [7, 11) is 4.04. The van der Waals surface area contributed by atoms with Gasteiger partial charge in [0.25, 0.3) is 0 Å². The lowest BCUT2D eigenvalue weighted by atomic mass is 9.87. The molecule has 0 radical (unpaired) electrons. The van der Waals surface area contributed by atoms with Crippen molar-refractivity contribution >= 4 is 5.97 Å². The molecule has 0 amide bonds. The van der Waals surface area contributed by atoms with Crippen molar-refractivity contribution in [2.75, 3.05) is 40.4 Å². The summed E-state index contributed by atoms with van der Waals surface area (Å²) >= 11 is 0. The second kappa shape index (κ2) is 7.07. The van der Waals surface area contributed by atoms with Gasteiger partial charge in [0, 0.05) is 26.1 Å². The fourth-order valence-electron chi connectivity index (χ4n) is 2.29. The Labute approximate surface area is 110 Å². The monoisotopic (exact) mass is 258 g/mol. The van der Waals surface area contributed by atoms with Crippen LogP contribution in [0.4, 0.5) is 0 Å². The minimum Gasteiger partial charge on any atom is -0.465 e.